The molecule has 0 saturated heterocycles. The Bertz CT molecular complexity index is 552. The molecule has 1 heterocycles. The Kier molecular flexibility index (Phi) is 3.33. The molecule has 3 nitrogen and oxygen atoms in total. The molecular weight excluding hydrogens is 267 g/mol. The van der Waals surface area contributed by atoms with E-state index in [-0.39, 0.29) is 11.3 Å². The molecule has 0 saturated carbocycles. The Hall–Kier alpha value is -1.89. The molecule has 18 heavy (non-hydrogen) atoms. The quantitative estimate of drug-likeness (QED) is 0.806. The molecule has 0 amide bonds. The van der Waals surface area contributed by atoms with Crippen molar-refractivity contribution < 1.29 is 22.7 Å². The van der Waals surface area contributed by atoms with Crippen molar-refractivity contribution in [1.82, 2.24) is 4.98 Å². The van der Waals surface area contributed by atoms with Crippen molar-refractivity contribution in [2.24, 2.45) is 0 Å². The van der Waals surface area contributed by atoms with Gasteiger partial charge >= 0.3 is 6.36 Å². The molecule has 0 bridgehead atoms. The first kappa shape index (κ1) is 12.6. The van der Waals surface area contributed by atoms with Crippen LogP contribution in [0.25, 0.3) is 0 Å². The van der Waals surface area contributed by atoms with E-state index >= 15 is 0 Å². The molecule has 0 aliphatic carbocycles. The van der Waals surface area contributed by atoms with Gasteiger partial charge in [-0.2, -0.15) is 0 Å². The fraction of sp³-hybridized carbons (Fsp3) is 0.0909. The van der Waals surface area contributed by atoms with E-state index < -0.39 is 12.1 Å². The summed E-state index contributed by atoms with van der Waals surface area (Å²) in [5.41, 5.74) is 1.60. The van der Waals surface area contributed by atoms with Crippen LogP contribution in [0.2, 0.25) is 0 Å². The summed E-state index contributed by atoms with van der Waals surface area (Å²) < 4.78 is 39.8. The van der Waals surface area contributed by atoms with E-state index in [0.29, 0.717) is 4.88 Å². The second kappa shape index (κ2) is 4.77. The van der Waals surface area contributed by atoms with Gasteiger partial charge in [0.1, 0.15) is 5.75 Å². The molecule has 0 spiro atoms. The maximum absolute atomic E-state index is 12.0. The highest BCUT2D eigenvalue weighted by Crippen LogP contribution is 2.24. The molecule has 1 aromatic carbocycles. The number of hydrogen-bond acceptors (Lipinski definition) is 4. The lowest BCUT2D eigenvalue weighted by Gasteiger charge is -2.09. The second-order valence-electron chi connectivity index (χ2n) is 3.27. The van der Waals surface area contributed by atoms with E-state index in [1.165, 1.54) is 23.8 Å². The molecule has 0 fully saturated rings. The van der Waals surface area contributed by atoms with Gasteiger partial charge in [-0.05, 0) is 12.1 Å². The van der Waals surface area contributed by atoms with Crippen LogP contribution in [0.5, 0.6) is 5.75 Å². The predicted molar refractivity (Wildman–Crippen MR) is 58.7 cm³/mol. The second-order valence-corrected chi connectivity index (χ2v) is 4.16. The molecule has 0 N–H and O–H groups in total. The van der Waals surface area contributed by atoms with Crippen LogP contribution in [0.4, 0.5) is 13.2 Å². The first-order valence-electron chi connectivity index (χ1n) is 4.75. The van der Waals surface area contributed by atoms with E-state index in [2.05, 4.69) is 9.72 Å². The van der Waals surface area contributed by atoms with E-state index in [1.807, 2.05) is 0 Å². The normalized spacial score (nSPS) is 11.3. The van der Waals surface area contributed by atoms with Gasteiger partial charge in [-0.15, -0.1) is 24.5 Å². The number of ether oxygens (including phenoxy) is 1. The standard InChI is InChI=1S/C11H6F3NO2S/c12-11(13,14)17-8-3-1-2-7(4-8)10(16)9-5-15-6-18-9/h1-6H. The first-order chi connectivity index (χ1) is 8.46. The number of hydrogen-bond donors (Lipinski definition) is 0. The SMILES string of the molecule is O=C(c1cccc(OC(F)(F)F)c1)c1cncs1. The topological polar surface area (TPSA) is 39.2 Å². The molecule has 0 atom stereocenters. The lowest BCUT2D eigenvalue weighted by Crippen LogP contribution is -2.17. The third-order valence-corrected chi connectivity index (χ3v) is 2.76. The highest BCUT2D eigenvalue weighted by molar-refractivity contribution is 7.11. The molecule has 7 heteroatoms. The van der Waals surface area contributed by atoms with Crippen LogP contribution >= 0.6 is 11.3 Å². The third kappa shape index (κ3) is 3.07. The number of halogens is 3. The summed E-state index contributed by atoms with van der Waals surface area (Å²) in [6.45, 7) is 0. The number of benzene rings is 1. The Morgan fingerprint density at radius 1 is 1.33 bits per heavy atom. The lowest BCUT2D eigenvalue weighted by molar-refractivity contribution is -0.274. The molecule has 94 valence electrons. The summed E-state index contributed by atoms with van der Waals surface area (Å²) in [7, 11) is 0. The van der Waals surface area contributed by atoms with Crippen LogP contribution in [0.15, 0.2) is 36.0 Å². The number of carbonyl (C=O) groups is 1. The Balaban J connectivity index is 2.25. The van der Waals surface area contributed by atoms with Gasteiger partial charge in [0, 0.05) is 11.8 Å². The number of rotatable bonds is 3. The van der Waals surface area contributed by atoms with Gasteiger partial charge in [0.25, 0.3) is 0 Å². The van der Waals surface area contributed by atoms with Crippen LogP contribution in [0.1, 0.15) is 15.2 Å². The Morgan fingerprint density at radius 2 is 2.11 bits per heavy atom. The largest absolute Gasteiger partial charge is 0.573 e. The summed E-state index contributed by atoms with van der Waals surface area (Å²) in [6.07, 6.45) is -3.41. The maximum Gasteiger partial charge on any atom is 0.573 e. The van der Waals surface area contributed by atoms with Crippen LogP contribution in [-0.2, 0) is 0 Å². The molecule has 1 aromatic heterocycles. The van der Waals surface area contributed by atoms with Crippen LogP contribution in [0.3, 0.4) is 0 Å². The van der Waals surface area contributed by atoms with Crippen molar-refractivity contribution in [3.8, 4) is 5.75 Å². The van der Waals surface area contributed by atoms with Gasteiger partial charge in [0.15, 0.2) is 0 Å². The van der Waals surface area contributed by atoms with Crippen molar-refractivity contribution in [1.29, 1.82) is 0 Å². The number of nitrogens with zero attached hydrogens (tertiary/aromatic N) is 1. The van der Waals surface area contributed by atoms with E-state index in [9.17, 15) is 18.0 Å². The minimum absolute atomic E-state index is 0.126. The zero-order valence-corrected chi connectivity index (χ0v) is 9.59. The summed E-state index contributed by atoms with van der Waals surface area (Å²) in [5.74, 6) is -0.803. The van der Waals surface area contributed by atoms with Gasteiger partial charge in [0.2, 0.25) is 5.78 Å². The number of thiazole rings is 1. The lowest BCUT2D eigenvalue weighted by atomic mass is 10.1. The van der Waals surface area contributed by atoms with Crippen molar-refractivity contribution in [2.75, 3.05) is 0 Å². The fourth-order valence-electron chi connectivity index (χ4n) is 1.30. The van der Waals surface area contributed by atoms with Crippen LogP contribution < -0.4 is 4.74 Å². The van der Waals surface area contributed by atoms with Crippen molar-refractivity contribution in [2.45, 2.75) is 6.36 Å². The van der Waals surface area contributed by atoms with E-state index in [1.54, 1.807) is 0 Å². The minimum Gasteiger partial charge on any atom is -0.406 e. The predicted octanol–water partition coefficient (Wildman–Crippen LogP) is 3.27. The Labute approximate surface area is 104 Å². The summed E-state index contributed by atoms with van der Waals surface area (Å²) in [4.78, 5) is 16.0. The highest BCUT2D eigenvalue weighted by atomic mass is 32.1. The third-order valence-electron chi connectivity index (χ3n) is 1.99. The maximum atomic E-state index is 12.0. The van der Waals surface area contributed by atoms with Crippen LogP contribution in [0, 0.1) is 0 Å². The summed E-state index contributed by atoms with van der Waals surface area (Å²) in [6, 6.07) is 4.94. The smallest absolute Gasteiger partial charge is 0.406 e. The van der Waals surface area contributed by atoms with E-state index in [0.717, 1.165) is 23.5 Å². The van der Waals surface area contributed by atoms with Gasteiger partial charge in [-0.3, -0.25) is 9.78 Å². The van der Waals surface area contributed by atoms with Gasteiger partial charge in [-0.25, -0.2) is 0 Å². The monoisotopic (exact) mass is 273 g/mol. The average molecular weight is 273 g/mol. The van der Waals surface area contributed by atoms with Crippen LogP contribution in [-0.4, -0.2) is 17.1 Å². The first-order valence-corrected chi connectivity index (χ1v) is 5.63. The zero-order chi connectivity index (χ0) is 13.2. The average Bonchev–Trinajstić information content (AvgIpc) is 2.79. The molecule has 2 aromatic rings. The molecule has 0 unspecified atom stereocenters. The number of carbonyl (C=O) groups excluding carboxylic acids is 1. The van der Waals surface area contributed by atoms with Gasteiger partial charge in [0.05, 0.1) is 10.4 Å². The number of ketones is 1. The zero-order valence-electron chi connectivity index (χ0n) is 8.77. The molecule has 0 aliphatic rings. The summed E-state index contributed by atoms with van der Waals surface area (Å²) >= 11 is 1.12. The molecule has 2 rings (SSSR count). The molecule has 0 radical (unpaired) electrons. The minimum atomic E-state index is -4.77. The van der Waals surface area contributed by atoms with Gasteiger partial charge < -0.3 is 4.74 Å². The highest BCUT2D eigenvalue weighted by Gasteiger charge is 2.31. The van der Waals surface area contributed by atoms with E-state index in [4.69, 9.17) is 0 Å². The van der Waals surface area contributed by atoms with Crippen molar-refractivity contribution >= 4 is 17.1 Å². The number of alkyl halides is 3. The Morgan fingerprint density at radius 3 is 2.72 bits per heavy atom. The molecule has 0 aliphatic heterocycles. The van der Waals surface area contributed by atoms with Gasteiger partial charge in [-0.1, -0.05) is 12.1 Å². The summed E-state index contributed by atoms with van der Waals surface area (Å²) in [5, 5.41) is 0. The number of aromatic nitrogens is 1. The van der Waals surface area contributed by atoms with Crippen molar-refractivity contribution in [3.05, 3.63) is 46.4 Å². The van der Waals surface area contributed by atoms with Crippen molar-refractivity contribution in [3.63, 3.8) is 0 Å². The fourth-order valence-corrected chi connectivity index (χ4v) is 1.89. The molecular formula is C11H6F3NO2S.